The molecule has 0 fully saturated rings. The number of hydrogen-bond acceptors (Lipinski definition) is 4. The number of aromatic hydroxyl groups is 2. The van der Waals surface area contributed by atoms with Gasteiger partial charge >= 0.3 is 5.97 Å². The first kappa shape index (κ1) is 30.7. The van der Waals surface area contributed by atoms with Crippen molar-refractivity contribution in [1.29, 1.82) is 0 Å². The second-order valence-corrected chi connectivity index (χ2v) is 8.70. The lowest BCUT2D eigenvalue weighted by Gasteiger charge is -2.03. The topological polar surface area (TPSA) is 94.8 Å². The third-order valence-electron chi connectivity index (χ3n) is 5.54. The number of carbonyl (C=O) groups is 2. The molecule has 0 saturated heterocycles. The quantitative estimate of drug-likeness (QED) is 0.117. The van der Waals surface area contributed by atoms with Gasteiger partial charge in [-0.1, -0.05) is 97.0 Å². The third-order valence-corrected chi connectivity index (χ3v) is 5.54. The summed E-state index contributed by atoms with van der Waals surface area (Å²) in [6.07, 6.45) is 22.2. The zero-order chi connectivity index (χ0) is 24.7. The van der Waals surface area contributed by atoms with E-state index in [1.165, 1.54) is 101 Å². The highest BCUT2D eigenvalue weighted by Gasteiger charge is 2.02. The average Bonchev–Trinajstić information content (AvgIpc) is 2.79. The fourth-order valence-electron chi connectivity index (χ4n) is 3.50. The van der Waals surface area contributed by atoms with E-state index in [4.69, 9.17) is 15.3 Å². The van der Waals surface area contributed by atoms with E-state index in [9.17, 15) is 9.59 Å². The number of aliphatic carboxylic acids is 1. The molecule has 0 atom stereocenters. The van der Waals surface area contributed by atoms with Crippen molar-refractivity contribution in [3.63, 3.8) is 0 Å². The summed E-state index contributed by atoms with van der Waals surface area (Å²) >= 11 is 0. The van der Waals surface area contributed by atoms with Crippen LogP contribution >= 0.6 is 0 Å². The fourth-order valence-corrected chi connectivity index (χ4v) is 3.50. The minimum Gasteiger partial charge on any atom is -0.504 e. The van der Waals surface area contributed by atoms with E-state index in [-0.39, 0.29) is 11.5 Å². The highest BCUT2D eigenvalue weighted by atomic mass is 16.4. The maximum Gasteiger partial charge on any atom is 0.328 e. The Balaban J connectivity index is 0.000000676. The Morgan fingerprint density at radius 3 is 1.58 bits per heavy atom. The lowest BCUT2D eigenvalue weighted by Crippen LogP contribution is -1.97. The van der Waals surface area contributed by atoms with E-state index in [1.54, 1.807) is 0 Å². The summed E-state index contributed by atoms with van der Waals surface area (Å²) in [5, 5.41) is 26.3. The number of carboxylic acid groups (broad SMARTS) is 1. The lowest BCUT2D eigenvalue weighted by molar-refractivity contribution is -0.131. The summed E-state index contributed by atoms with van der Waals surface area (Å²) in [4.78, 5) is 21.8. The smallest absolute Gasteiger partial charge is 0.328 e. The van der Waals surface area contributed by atoms with Crippen molar-refractivity contribution in [3.8, 4) is 11.5 Å². The number of carboxylic acids is 1. The maximum atomic E-state index is 11.7. The van der Waals surface area contributed by atoms with Crippen molar-refractivity contribution >= 4 is 17.8 Å². The largest absolute Gasteiger partial charge is 0.504 e. The van der Waals surface area contributed by atoms with Gasteiger partial charge in [0.15, 0.2) is 11.5 Å². The summed E-state index contributed by atoms with van der Waals surface area (Å²) in [7, 11) is 0. The third kappa shape index (κ3) is 20.1. The summed E-state index contributed by atoms with van der Waals surface area (Å²) < 4.78 is 0. The van der Waals surface area contributed by atoms with Crippen molar-refractivity contribution in [3.05, 3.63) is 29.8 Å². The van der Waals surface area contributed by atoms with Gasteiger partial charge in [0, 0.05) is 18.9 Å². The maximum absolute atomic E-state index is 11.7. The molecule has 0 aliphatic carbocycles. The predicted octanol–water partition coefficient (Wildman–Crippen LogP) is 8.03. The number of carbonyl (C=O) groups excluding carboxylic acids is 1. The number of ketones is 1. The van der Waals surface area contributed by atoms with Crippen molar-refractivity contribution in [2.75, 3.05) is 0 Å². The molecule has 0 spiro atoms. The summed E-state index contributed by atoms with van der Waals surface area (Å²) in [5.41, 5.74) is 0.512. The molecule has 5 nitrogen and oxygen atoms in total. The highest BCUT2D eigenvalue weighted by molar-refractivity contribution is 5.85. The Morgan fingerprint density at radius 1 is 0.697 bits per heavy atom. The Bertz CT molecular complexity index is 646. The van der Waals surface area contributed by atoms with Gasteiger partial charge < -0.3 is 15.3 Å². The molecule has 0 unspecified atom stereocenters. The van der Waals surface area contributed by atoms with Crippen molar-refractivity contribution in [2.24, 2.45) is 0 Å². The van der Waals surface area contributed by atoms with E-state index in [0.717, 1.165) is 31.8 Å². The molecular weight excluding hydrogens is 416 g/mol. The van der Waals surface area contributed by atoms with E-state index in [1.807, 2.05) is 0 Å². The second-order valence-electron chi connectivity index (χ2n) is 8.70. The second kappa shape index (κ2) is 21.5. The minimum absolute atomic E-state index is 0.229. The number of rotatable bonds is 18. The van der Waals surface area contributed by atoms with Gasteiger partial charge in [-0.15, -0.1) is 0 Å². The van der Waals surface area contributed by atoms with Crippen LogP contribution in [0.3, 0.4) is 0 Å². The number of hydrogen-bond donors (Lipinski definition) is 3. The summed E-state index contributed by atoms with van der Waals surface area (Å²) in [6.45, 7) is 4.50. The molecule has 0 bridgehead atoms. The van der Waals surface area contributed by atoms with Crippen LogP contribution in [0.2, 0.25) is 0 Å². The Labute approximate surface area is 200 Å². The van der Waals surface area contributed by atoms with Crippen LogP contribution < -0.4 is 0 Å². The highest BCUT2D eigenvalue weighted by Crippen LogP contribution is 2.25. The molecule has 1 aromatic carbocycles. The molecule has 0 heterocycles. The SMILES string of the molecule is CCCCCCCCCC(=O)CCCCCCCCC.O=C(O)C=Cc1ccc(O)c(O)c1. The van der Waals surface area contributed by atoms with E-state index >= 15 is 0 Å². The predicted molar refractivity (Wildman–Crippen MR) is 137 cm³/mol. The molecular formula is C28H46O5. The lowest BCUT2D eigenvalue weighted by atomic mass is 10.0. The van der Waals surface area contributed by atoms with Crippen LogP contribution in [0.4, 0.5) is 0 Å². The average molecular weight is 463 g/mol. The molecule has 188 valence electrons. The molecule has 0 amide bonds. The van der Waals surface area contributed by atoms with Crippen LogP contribution in [0, 0.1) is 0 Å². The summed E-state index contributed by atoms with van der Waals surface area (Å²) in [6, 6.07) is 4.06. The Morgan fingerprint density at radius 2 is 1.15 bits per heavy atom. The first-order valence-electron chi connectivity index (χ1n) is 12.8. The van der Waals surface area contributed by atoms with Gasteiger partial charge in [0.05, 0.1) is 0 Å². The Kier molecular flexibility index (Phi) is 20.0. The van der Waals surface area contributed by atoms with Gasteiger partial charge in [-0.25, -0.2) is 4.79 Å². The van der Waals surface area contributed by atoms with E-state index < -0.39 is 5.97 Å². The minimum atomic E-state index is -1.06. The van der Waals surface area contributed by atoms with Gasteiger partial charge in [0.1, 0.15) is 5.78 Å². The van der Waals surface area contributed by atoms with Gasteiger partial charge in [0.2, 0.25) is 0 Å². The molecule has 3 N–H and O–H groups in total. The number of phenolic OH excluding ortho intramolecular Hbond substituents is 2. The standard InChI is InChI=1S/C19H38O.C9H8O4/c1-3-5-7-9-11-13-15-17-19(20)18-16-14-12-10-8-6-4-2;10-7-3-1-6(5-8(7)11)2-4-9(12)13/h3-18H2,1-2H3;1-5,10-11H,(H,12,13). The van der Waals surface area contributed by atoms with Crippen LogP contribution in [0.15, 0.2) is 24.3 Å². The van der Waals surface area contributed by atoms with Gasteiger partial charge in [0.25, 0.3) is 0 Å². The molecule has 5 heteroatoms. The van der Waals surface area contributed by atoms with E-state index in [0.29, 0.717) is 11.3 Å². The van der Waals surface area contributed by atoms with Crippen LogP contribution in [0.5, 0.6) is 11.5 Å². The van der Waals surface area contributed by atoms with Gasteiger partial charge in [-0.3, -0.25) is 4.79 Å². The normalized spacial score (nSPS) is 10.7. The fraction of sp³-hybridized carbons (Fsp3) is 0.643. The van der Waals surface area contributed by atoms with Crippen LogP contribution in [0.1, 0.15) is 122 Å². The molecule has 1 rings (SSSR count). The summed E-state index contributed by atoms with van der Waals surface area (Å²) in [5.74, 6) is -1.06. The number of benzene rings is 1. The zero-order valence-electron chi connectivity index (χ0n) is 20.9. The molecule has 0 aliphatic rings. The molecule has 0 saturated carbocycles. The van der Waals surface area contributed by atoms with Crippen molar-refractivity contribution < 1.29 is 24.9 Å². The van der Waals surface area contributed by atoms with Crippen molar-refractivity contribution in [1.82, 2.24) is 0 Å². The van der Waals surface area contributed by atoms with Crippen LogP contribution in [-0.2, 0) is 9.59 Å². The molecule has 0 aromatic heterocycles. The molecule has 0 radical (unpaired) electrons. The first-order valence-corrected chi connectivity index (χ1v) is 12.8. The van der Waals surface area contributed by atoms with E-state index in [2.05, 4.69) is 13.8 Å². The number of unbranched alkanes of at least 4 members (excludes halogenated alkanes) is 12. The van der Waals surface area contributed by atoms with Gasteiger partial charge in [-0.2, -0.15) is 0 Å². The first-order chi connectivity index (χ1) is 15.9. The van der Waals surface area contributed by atoms with Crippen molar-refractivity contribution in [2.45, 2.75) is 117 Å². The Hall–Kier alpha value is -2.30. The number of Topliss-reactive ketones (excluding diaryl/α,β-unsaturated/α-hetero) is 1. The molecule has 0 aliphatic heterocycles. The number of phenols is 2. The molecule has 1 aromatic rings. The zero-order valence-corrected chi connectivity index (χ0v) is 20.9. The van der Waals surface area contributed by atoms with Crippen LogP contribution in [-0.4, -0.2) is 27.1 Å². The van der Waals surface area contributed by atoms with Gasteiger partial charge in [-0.05, 0) is 36.6 Å². The monoisotopic (exact) mass is 462 g/mol. The van der Waals surface area contributed by atoms with Crippen LogP contribution in [0.25, 0.3) is 6.08 Å². The molecule has 33 heavy (non-hydrogen) atoms.